The lowest BCUT2D eigenvalue weighted by Crippen LogP contribution is -2.26. The molecule has 0 atom stereocenters. The van der Waals surface area contributed by atoms with Gasteiger partial charge in [0.2, 0.25) is 5.95 Å². The van der Waals surface area contributed by atoms with Crippen LogP contribution in [0, 0.1) is 11.8 Å². The lowest BCUT2D eigenvalue weighted by molar-refractivity contribution is 0.356. The quantitative estimate of drug-likeness (QED) is 0.656. The van der Waals surface area contributed by atoms with Crippen molar-refractivity contribution in [3.8, 4) is 23.3 Å². The highest BCUT2D eigenvalue weighted by molar-refractivity contribution is 6.00. The van der Waals surface area contributed by atoms with Crippen LogP contribution in [0.3, 0.4) is 0 Å². The van der Waals surface area contributed by atoms with Crippen LogP contribution in [0.25, 0.3) is 10.9 Å². The number of aromatic nitrogens is 2. The maximum Gasteiger partial charge on any atom is 0.221 e. The summed E-state index contributed by atoms with van der Waals surface area (Å²) in [4.78, 5) is 13.3. The van der Waals surface area contributed by atoms with Crippen LogP contribution in [0.2, 0.25) is 0 Å². The van der Waals surface area contributed by atoms with Crippen molar-refractivity contribution in [1.82, 2.24) is 15.3 Å². The second kappa shape index (κ2) is 7.56. The number of hydrogen-bond acceptors (Lipinski definition) is 7. The zero-order valence-electron chi connectivity index (χ0n) is 17.4. The minimum Gasteiger partial charge on any atom is -0.493 e. The van der Waals surface area contributed by atoms with E-state index in [4.69, 9.17) is 20.2 Å². The molecule has 0 spiro atoms. The van der Waals surface area contributed by atoms with Crippen LogP contribution in [0.5, 0.6) is 11.5 Å². The molecule has 2 heterocycles. The number of ether oxygens (including phenoxy) is 2. The smallest absolute Gasteiger partial charge is 0.221 e. The van der Waals surface area contributed by atoms with Gasteiger partial charge in [-0.15, -0.1) is 0 Å². The summed E-state index contributed by atoms with van der Waals surface area (Å²) in [5.74, 6) is 8.49. The first-order valence-corrected chi connectivity index (χ1v) is 9.54. The van der Waals surface area contributed by atoms with Crippen LogP contribution in [-0.2, 0) is 0 Å². The number of nitrogen functional groups attached to an aromatic ring is 1. The van der Waals surface area contributed by atoms with E-state index in [1.807, 2.05) is 30.3 Å². The molecule has 0 aliphatic carbocycles. The number of nitrogens with zero attached hydrogens (tertiary/aromatic N) is 3. The molecule has 0 fully saturated rings. The van der Waals surface area contributed by atoms with Gasteiger partial charge in [-0.1, -0.05) is 18.1 Å². The first-order chi connectivity index (χ1) is 14.4. The van der Waals surface area contributed by atoms with Crippen molar-refractivity contribution in [3.63, 3.8) is 0 Å². The second-order valence-corrected chi connectivity index (χ2v) is 7.61. The van der Waals surface area contributed by atoms with Gasteiger partial charge >= 0.3 is 0 Å². The van der Waals surface area contributed by atoms with E-state index >= 15 is 0 Å². The number of benzene rings is 2. The van der Waals surface area contributed by atoms with E-state index in [2.05, 4.69) is 41.0 Å². The van der Waals surface area contributed by atoms with Crippen LogP contribution < -0.4 is 20.5 Å². The molecule has 0 saturated heterocycles. The van der Waals surface area contributed by atoms with Gasteiger partial charge in [0.25, 0.3) is 0 Å². The SMILES string of the molecule is COc1cc2nc(N)nc(C#Cc3ccc(C4=NC(C)(C)CN4)cc3)c2cc1OC. The predicted octanol–water partition coefficient (Wildman–Crippen LogP) is 2.76. The summed E-state index contributed by atoms with van der Waals surface area (Å²) < 4.78 is 10.7. The molecular formula is C23H23N5O2. The molecule has 1 aliphatic heterocycles. The van der Waals surface area contributed by atoms with E-state index in [1.165, 1.54) is 0 Å². The van der Waals surface area contributed by atoms with Crippen molar-refractivity contribution < 1.29 is 9.47 Å². The number of aliphatic imine (C=N–C) groups is 1. The minimum atomic E-state index is -0.0778. The fraction of sp³-hybridized carbons (Fsp3) is 0.261. The highest BCUT2D eigenvalue weighted by atomic mass is 16.5. The summed E-state index contributed by atoms with van der Waals surface area (Å²) >= 11 is 0. The van der Waals surface area contributed by atoms with Crippen molar-refractivity contribution in [2.75, 3.05) is 26.5 Å². The Morgan fingerprint density at radius 1 is 1.00 bits per heavy atom. The molecule has 0 saturated carbocycles. The zero-order chi connectivity index (χ0) is 21.3. The molecule has 3 aromatic rings. The third-order valence-electron chi connectivity index (χ3n) is 4.80. The molecule has 7 heteroatoms. The highest BCUT2D eigenvalue weighted by Gasteiger charge is 2.24. The number of fused-ring (bicyclic) bond motifs is 1. The summed E-state index contributed by atoms with van der Waals surface area (Å²) in [5, 5.41) is 4.10. The van der Waals surface area contributed by atoms with E-state index in [0.717, 1.165) is 28.9 Å². The van der Waals surface area contributed by atoms with Crippen molar-refractivity contribution >= 4 is 22.7 Å². The Labute approximate surface area is 175 Å². The normalized spacial score (nSPS) is 14.5. The summed E-state index contributed by atoms with van der Waals surface area (Å²) in [7, 11) is 3.16. The van der Waals surface area contributed by atoms with Gasteiger partial charge in [0.15, 0.2) is 11.5 Å². The first-order valence-electron chi connectivity index (χ1n) is 9.54. The van der Waals surface area contributed by atoms with Crippen molar-refractivity contribution in [2.24, 2.45) is 4.99 Å². The highest BCUT2D eigenvalue weighted by Crippen LogP contribution is 2.32. The van der Waals surface area contributed by atoms with Crippen LogP contribution in [0.15, 0.2) is 41.4 Å². The molecule has 30 heavy (non-hydrogen) atoms. The van der Waals surface area contributed by atoms with Gasteiger partial charge in [0.1, 0.15) is 11.5 Å². The van der Waals surface area contributed by atoms with Crippen molar-refractivity contribution in [2.45, 2.75) is 19.4 Å². The molecule has 0 bridgehead atoms. The molecule has 1 aliphatic rings. The second-order valence-electron chi connectivity index (χ2n) is 7.61. The van der Waals surface area contributed by atoms with Crippen molar-refractivity contribution in [3.05, 3.63) is 53.2 Å². The Bertz CT molecular complexity index is 1200. The minimum absolute atomic E-state index is 0.0778. The Morgan fingerprint density at radius 3 is 2.33 bits per heavy atom. The number of hydrogen-bond donors (Lipinski definition) is 2. The van der Waals surface area contributed by atoms with E-state index < -0.39 is 0 Å². The number of amidine groups is 1. The molecule has 2 aromatic carbocycles. The van der Waals surface area contributed by atoms with Gasteiger partial charge < -0.3 is 20.5 Å². The summed E-state index contributed by atoms with van der Waals surface area (Å²) in [6.45, 7) is 5.05. The molecule has 152 valence electrons. The maximum atomic E-state index is 5.89. The Hall–Kier alpha value is -3.79. The van der Waals surface area contributed by atoms with E-state index in [9.17, 15) is 0 Å². The third-order valence-corrected chi connectivity index (χ3v) is 4.80. The van der Waals surface area contributed by atoms with E-state index in [1.54, 1.807) is 20.3 Å². The number of methoxy groups -OCH3 is 2. The molecular weight excluding hydrogens is 378 g/mol. The van der Waals surface area contributed by atoms with Gasteiger partial charge in [0, 0.05) is 29.1 Å². The summed E-state index contributed by atoms with van der Waals surface area (Å²) in [6.07, 6.45) is 0. The van der Waals surface area contributed by atoms with E-state index in [0.29, 0.717) is 22.7 Å². The van der Waals surface area contributed by atoms with Gasteiger partial charge in [-0.05, 0) is 38.0 Å². The third kappa shape index (κ3) is 3.85. The molecule has 4 rings (SSSR count). The average Bonchev–Trinajstić information content (AvgIpc) is 3.11. The topological polar surface area (TPSA) is 94.7 Å². The Kier molecular flexibility index (Phi) is 4.92. The molecule has 1 aromatic heterocycles. The van der Waals surface area contributed by atoms with Crippen LogP contribution in [0.1, 0.15) is 30.7 Å². The Morgan fingerprint density at radius 2 is 1.70 bits per heavy atom. The van der Waals surface area contributed by atoms with Crippen LogP contribution in [0.4, 0.5) is 5.95 Å². The molecule has 0 unspecified atom stereocenters. The largest absolute Gasteiger partial charge is 0.493 e. The standard InChI is InChI=1S/C23H23N5O2/c1-23(2)13-25-21(28-23)15-8-5-14(6-9-15)7-10-17-16-11-19(29-3)20(30-4)12-18(16)27-22(24)26-17/h5-6,8-9,11-12H,13H2,1-4H3,(H,25,28)(H2,24,26,27). The average molecular weight is 401 g/mol. The monoisotopic (exact) mass is 401 g/mol. The lowest BCUT2D eigenvalue weighted by Gasteiger charge is -2.09. The van der Waals surface area contributed by atoms with Crippen LogP contribution in [-0.4, -0.2) is 42.1 Å². The number of nitrogens with two attached hydrogens (primary N) is 1. The van der Waals surface area contributed by atoms with Gasteiger partial charge in [-0.3, -0.25) is 4.99 Å². The zero-order valence-corrected chi connectivity index (χ0v) is 17.4. The lowest BCUT2D eigenvalue weighted by atomic mass is 10.1. The molecule has 0 amide bonds. The molecule has 0 radical (unpaired) electrons. The maximum absolute atomic E-state index is 5.89. The first kappa shape index (κ1) is 19.5. The number of anilines is 1. The van der Waals surface area contributed by atoms with Gasteiger partial charge in [-0.25, -0.2) is 9.97 Å². The predicted molar refractivity (Wildman–Crippen MR) is 118 cm³/mol. The fourth-order valence-corrected chi connectivity index (χ4v) is 3.26. The molecule has 7 nitrogen and oxygen atoms in total. The van der Waals surface area contributed by atoms with E-state index in [-0.39, 0.29) is 11.5 Å². The van der Waals surface area contributed by atoms with Gasteiger partial charge in [0.05, 0.1) is 25.3 Å². The fourth-order valence-electron chi connectivity index (χ4n) is 3.26. The number of rotatable bonds is 3. The molecule has 3 N–H and O–H groups in total. The number of nitrogens with one attached hydrogen (secondary N) is 1. The van der Waals surface area contributed by atoms with Crippen LogP contribution >= 0.6 is 0 Å². The summed E-state index contributed by atoms with van der Waals surface area (Å²) in [6, 6.07) is 11.5. The summed E-state index contributed by atoms with van der Waals surface area (Å²) in [5.41, 5.74) is 8.89. The van der Waals surface area contributed by atoms with Crippen molar-refractivity contribution in [1.29, 1.82) is 0 Å². The van der Waals surface area contributed by atoms with Gasteiger partial charge in [-0.2, -0.15) is 0 Å². The Balaban J connectivity index is 1.68.